The zero-order valence-corrected chi connectivity index (χ0v) is 35.7. The van der Waals surface area contributed by atoms with E-state index < -0.39 is 11.2 Å². The third-order valence-corrected chi connectivity index (χ3v) is 10.8. The number of hydrogen-bond donors (Lipinski definition) is 0. The van der Waals surface area contributed by atoms with Gasteiger partial charge in [0.2, 0.25) is 0 Å². The number of nitrogens with zero attached hydrogens (tertiary/aromatic N) is 2. The van der Waals surface area contributed by atoms with Crippen molar-refractivity contribution in [3.63, 3.8) is 0 Å². The van der Waals surface area contributed by atoms with Crippen molar-refractivity contribution in [2.45, 2.75) is 119 Å². The van der Waals surface area contributed by atoms with E-state index in [1.54, 1.807) is 40.4 Å². The van der Waals surface area contributed by atoms with Crippen molar-refractivity contribution < 1.29 is 47.7 Å². The van der Waals surface area contributed by atoms with E-state index in [9.17, 15) is 28.8 Å². The molecule has 2 amide bonds. The van der Waals surface area contributed by atoms with Gasteiger partial charge in [-0.2, -0.15) is 0 Å². The minimum atomic E-state index is -0.472. The van der Waals surface area contributed by atoms with Crippen LogP contribution in [0.25, 0.3) is 5.57 Å². The van der Waals surface area contributed by atoms with Crippen LogP contribution >= 0.6 is 22.7 Å². The summed E-state index contributed by atoms with van der Waals surface area (Å²) in [6, 6.07) is 0. The van der Waals surface area contributed by atoms with Crippen LogP contribution in [0.5, 0.6) is 0 Å². The molecule has 0 unspecified atom stereocenters. The van der Waals surface area contributed by atoms with Crippen LogP contribution < -0.4 is 0 Å². The van der Waals surface area contributed by atoms with Crippen LogP contribution in [0, 0.1) is 13.8 Å². The van der Waals surface area contributed by atoms with Crippen molar-refractivity contribution in [2.75, 3.05) is 40.4 Å². The summed E-state index contributed by atoms with van der Waals surface area (Å²) >= 11 is 2.90. The van der Waals surface area contributed by atoms with Gasteiger partial charge in [-0.1, -0.05) is 19.4 Å². The Morgan fingerprint density at radius 1 is 0.648 bits per heavy atom. The fourth-order valence-electron chi connectivity index (χ4n) is 5.61. The molecular formula is C40H58N2O10S2. The summed E-state index contributed by atoms with van der Waals surface area (Å²) in [5.41, 5.74) is 4.59. The first kappa shape index (κ1) is 46.1. The molecule has 54 heavy (non-hydrogen) atoms. The number of rotatable bonds is 6. The molecule has 0 atom stereocenters. The quantitative estimate of drug-likeness (QED) is 0.158. The minimum Gasteiger partial charge on any atom is -0.465 e. The molecule has 4 rings (SSSR count). The van der Waals surface area contributed by atoms with E-state index in [1.165, 1.54) is 36.7 Å². The van der Waals surface area contributed by atoms with Gasteiger partial charge in [0.05, 0.1) is 30.2 Å². The number of methoxy groups -OCH3 is 2. The Bertz CT molecular complexity index is 1640. The highest BCUT2D eigenvalue weighted by Gasteiger charge is 2.28. The number of Topliss-reactive ketones (excluding diaryl/α,β-unsaturated/α-hetero) is 2. The lowest BCUT2D eigenvalue weighted by Gasteiger charge is -2.32. The first-order valence-electron chi connectivity index (χ1n) is 18.2. The third-order valence-electron chi connectivity index (χ3n) is 8.51. The number of ketones is 2. The predicted octanol–water partition coefficient (Wildman–Crippen LogP) is 9.06. The average Bonchev–Trinajstić information content (AvgIpc) is 3.69. The maximum absolute atomic E-state index is 12.2. The molecule has 2 aliphatic rings. The molecule has 0 spiro atoms. The van der Waals surface area contributed by atoms with Gasteiger partial charge in [-0.05, 0) is 91.4 Å². The molecule has 300 valence electrons. The number of thiophene rings is 2. The summed E-state index contributed by atoms with van der Waals surface area (Å²) in [5.74, 6) is -0.369. The van der Waals surface area contributed by atoms with Crippen LogP contribution in [-0.2, 0) is 23.7 Å². The summed E-state index contributed by atoms with van der Waals surface area (Å²) in [6.45, 7) is 21.2. The number of likely N-dealkylation sites (tertiary alicyclic amines) is 2. The van der Waals surface area contributed by atoms with E-state index in [1.807, 2.05) is 53.8 Å². The molecule has 0 aromatic carbocycles. The molecule has 0 aliphatic carbocycles. The Hall–Kier alpha value is -4.04. The molecular weight excluding hydrogens is 733 g/mol. The Kier molecular flexibility index (Phi) is 17.6. The standard InChI is InChI=1S/C20H29NO4S.C10H17NO3.C10H12O3S/c1-7-15(17-13(2)16(12-26-17)18(22)24-6)14-8-10-21(11-9-14)19(23)25-20(3,4)5;1-10(2,3)14-9(13)11-6-4-8(12)5-7-11;1-4-8(11)9-6(2)7(5-14-9)10(12)13-3/h12H,7-11H2,1-6H3;4-7H2,1-3H3;5H,4H2,1-3H3. The molecule has 14 heteroatoms. The van der Waals surface area contributed by atoms with Crippen LogP contribution in [0.3, 0.4) is 0 Å². The van der Waals surface area contributed by atoms with Crippen molar-refractivity contribution >= 4 is 63.9 Å². The van der Waals surface area contributed by atoms with Gasteiger partial charge < -0.3 is 28.7 Å². The van der Waals surface area contributed by atoms with Gasteiger partial charge in [-0.15, -0.1) is 22.7 Å². The Morgan fingerprint density at radius 3 is 1.41 bits per heavy atom. The van der Waals surface area contributed by atoms with Gasteiger partial charge in [-0.25, -0.2) is 19.2 Å². The number of allylic oxidation sites excluding steroid dienone is 1. The van der Waals surface area contributed by atoms with Crippen molar-refractivity contribution in [3.05, 3.63) is 48.3 Å². The Morgan fingerprint density at radius 2 is 1.04 bits per heavy atom. The number of amides is 2. The van der Waals surface area contributed by atoms with E-state index in [2.05, 4.69) is 11.7 Å². The van der Waals surface area contributed by atoms with E-state index >= 15 is 0 Å². The monoisotopic (exact) mass is 790 g/mol. The van der Waals surface area contributed by atoms with Gasteiger partial charge >= 0.3 is 24.1 Å². The van der Waals surface area contributed by atoms with Crippen LogP contribution in [0.2, 0.25) is 0 Å². The highest BCUT2D eigenvalue weighted by Crippen LogP contribution is 2.36. The zero-order valence-electron chi connectivity index (χ0n) is 34.0. The molecule has 0 radical (unpaired) electrons. The van der Waals surface area contributed by atoms with Crippen molar-refractivity contribution in [1.29, 1.82) is 0 Å². The second kappa shape index (κ2) is 20.6. The number of carbonyl (C=O) groups excluding carboxylic acids is 6. The average molecular weight is 791 g/mol. The third kappa shape index (κ3) is 13.7. The Balaban J connectivity index is 0.000000305. The van der Waals surface area contributed by atoms with Gasteiger partial charge in [0.25, 0.3) is 0 Å². The van der Waals surface area contributed by atoms with Gasteiger partial charge in [0.1, 0.15) is 17.0 Å². The van der Waals surface area contributed by atoms with E-state index in [-0.39, 0.29) is 35.7 Å². The molecule has 2 fully saturated rings. The van der Waals surface area contributed by atoms with Crippen molar-refractivity contribution in [3.8, 4) is 0 Å². The molecule has 2 aromatic rings. The number of hydrogen-bond acceptors (Lipinski definition) is 12. The molecule has 0 saturated carbocycles. The highest BCUT2D eigenvalue weighted by atomic mass is 32.1. The summed E-state index contributed by atoms with van der Waals surface area (Å²) in [6.07, 6.45) is 3.41. The van der Waals surface area contributed by atoms with Crippen molar-refractivity contribution in [2.24, 2.45) is 0 Å². The fourth-order valence-corrected chi connectivity index (χ4v) is 7.91. The maximum Gasteiger partial charge on any atom is 0.410 e. The fraction of sp³-hybridized carbons (Fsp3) is 0.600. The first-order valence-corrected chi connectivity index (χ1v) is 20.0. The molecule has 0 N–H and O–H groups in total. The molecule has 4 heterocycles. The van der Waals surface area contributed by atoms with E-state index in [4.69, 9.17) is 14.2 Å². The maximum atomic E-state index is 12.2. The van der Waals surface area contributed by atoms with Crippen molar-refractivity contribution in [1.82, 2.24) is 9.80 Å². The minimum absolute atomic E-state index is 0.0719. The lowest BCUT2D eigenvalue weighted by atomic mass is 9.93. The van der Waals surface area contributed by atoms with Gasteiger partial charge in [-0.3, -0.25) is 9.59 Å². The van der Waals surface area contributed by atoms with Gasteiger partial charge in [0, 0.05) is 61.1 Å². The molecule has 2 aliphatic heterocycles. The SMILES string of the molecule is CC(C)(C)OC(=O)N1CCC(=O)CC1.CCC(=C1CCN(C(=O)OC(C)(C)C)CC1)c1scc(C(=O)OC)c1C.CCC(=O)c1scc(C(=O)OC)c1C. The zero-order chi connectivity index (χ0) is 41.0. The molecule has 0 bridgehead atoms. The lowest BCUT2D eigenvalue weighted by Crippen LogP contribution is -2.41. The normalized spacial score (nSPS) is 14.5. The summed E-state index contributed by atoms with van der Waals surface area (Å²) in [5, 5.41) is 3.55. The summed E-state index contributed by atoms with van der Waals surface area (Å²) < 4.78 is 20.1. The predicted molar refractivity (Wildman–Crippen MR) is 212 cm³/mol. The number of esters is 2. The number of ether oxygens (including phenoxy) is 4. The van der Waals surface area contributed by atoms with Crippen LogP contribution in [0.4, 0.5) is 9.59 Å². The second-order valence-corrected chi connectivity index (χ2v) is 16.6. The lowest BCUT2D eigenvalue weighted by molar-refractivity contribution is -0.121. The van der Waals surface area contributed by atoms with E-state index in [0.717, 1.165) is 35.3 Å². The molecule has 12 nitrogen and oxygen atoms in total. The summed E-state index contributed by atoms with van der Waals surface area (Å²) in [4.78, 5) is 74.4. The molecule has 2 saturated heterocycles. The van der Waals surface area contributed by atoms with Gasteiger partial charge in [0.15, 0.2) is 5.78 Å². The van der Waals surface area contributed by atoms with Crippen LogP contribution in [0.1, 0.15) is 140 Å². The number of carbonyl (C=O) groups is 6. The second-order valence-electron chi connectivity index (χ2n) is 14.9. The summed E-state index contributed by atoms with van der Waals surface area (Å²) in [7, 11) is 2.74. The highest BCUT2D eigenvalue weighted by molar-refractivity contribution is 7.12. The smallest absolute Gasteiger partial charge is 0.410 e. The largest absolute Gasteiger partial charge is 0.465 e. The van der Waals surface area contributed by atoms with Crippen LogP contribution in [-0.4, -0.2) is 97.1 Å². The Labute approximate surface area is 328 Å². The van der Waals surface area contributed by atoms with E-state index in [0.29, 0.717) is 61.4 Å². The topological polar surface area (TPSA) is 146 Å². The number of piperidine rings is 2. The first-order chi connectivity index (χ1) is 25.2. The van der Waals surface area contributed by atoms with Crippen LogP contribution in [0.15, 0.2) is 16.3 Å². The molecule has 2 aromatic heterocycles.